The van der Waals surface area contributed by atoms with Gasteiger partial charge in [-0.15, -0.1) is 11.3 Å². The number of hydrogen-bond donors (Lipinski definition) is 0. The molecule has 0 aliphatic carbocycles. The molecule has 9 heteroatoms. The number of thiophene rings is 1. The summed E-state index contributed by atoms with van der Waals surface area (Å²) in [7, 11) is 1.51. The molecule has 2 fully saturated rings. The molecule has 1 aromatic carbocycles. The van der Waals surface area contributed by atoms with Crippen molar-refractivity contribution in [3.05, 3.63) is 44.0 Å². The molecular formula is C20H21BrClN3O3S. The second-order valence-corrected chi connectivity index (χ2v) is 10.1. The number of imide groups is 1. The van der Waals surface area contributed by atoms with Crippen molar-refractivity contribution in [2.24, 2.45) is 0 Å². The van der Waals surface area contributed by atoms with Crippen LogP contribution in [0.4, 0.5) is 5.69 Å². The minimum Gasteiger partial charge on any atom is -0.495 e. The van der Waals surface area contributed by atoms with Crippen LogP contribution in [0.5, 0.6) is 5.75 Å². The van der Waals surface area contributed by atoms with Crippen LogP contribution < -0.4 is 9.64 Å². The predicted molar refractivity (Wildman–Crippen MR) is 118 cm³/mol. The van der Waals surface area contributed by atoms with E-state index in [-0.39, 0.29) is 18.2 Å². The van der Waals surface area contributed by atoms with Gasteiger partial charge in [0.25, 0.3) is 5.91 Å². The van der Waals surface area contributed by atoms with Crippen LogP contribution in [-0.2, 0) is 16.1 Å². The van der Waals surface area contributed by atoms with E-state index in [4.69, 9.17) is 16.3 Å². The summed E-state index contributed by atoms with van der Waals surface area (Å²) in [5, 5.41) is 0.457. The number of carbonyl (C=O) groups is 2. The number of carbonyl (C=O) groups excluding carboxylic acids is 2. The summed E-state index contributed by atoms with van der Waals surface area (Å²) >= 11 is 11.3. The van der Waals surface area contributed by atoms with Crippen LogP contribution in [0.3, 0.4) is 0 Å². The number of nitrogens with zero attached hydrogens (tertiary/aromatic N) is 3. The number of rotatable bonds is 5. The number of anilines is 1. The highest BCUT2D eigenvalue weighted by Crippen LogP contribution is 2.35. The summed E-state index contributed by atoms with van der Waals surface area (Å²) in [5.41, 5.74) is 0.416. The molecule has 2 aliphatic rings. The summed E-state index contributed by atoms with van der Waals surface area (Å²) < 4.78 is 6.47. The van der Waals surface area contributed by atoms with Crippen molar-refractivity contribution in [2.75, 3.05) is 38.2 Å². The molecule has 2 amide bonds. The van der Waals surface area contributed by atoms with Gasteiger partial charge in [-0.25, -0.2) is 4.90 Å². The Morgan fingerprint density at radius 2 is 1.93 bits per heavy atom. The van der Waals surface area contributed by atoms with E-state index in [1.165, 1.54) is 16.9 Å². The summed E-state index contributed by atoms with van der Waals surface area (Å²) in [6.07, 6.45) is 0.187. The van der Waals surface area contributed by atoms with Gasteiger partial charge in [0.1, 0.15) is 5.75 Å². The molecule has 6 nitrogen and oxygen atoms in total. The summed E-state index contributed by atoms with van der Waals surface area (Å²) in [4.78, 5) is 32.9. The van der Waals surface area contributed by atoms with Crippen LogP contribution in [0.2, 0.25) is 5.02 Å². The maximum Gasteiger partial charge on any atom is 0.251 e. The van der Waals surface area contributed by atoms with Gasteiger partial charge in [-0.3, -0.25) is 19.4 Å². The SMILES string of the molecule is COc1ccc(Cl)cc1N1C(=O)C[C@H](N2CCN(Cc3ccc(Br)s3)CC2)C1=O. The van der Waals surface area contributed by atoms with Crippen molar-refractivity contribution in [3.8, 4) is 5.75 Å². The van der Waals surface area contributed by atoms with Gasteiger partial charge < -0.3 is 4.74 Å². The molecule has 2 aromatic rings. The lowest BCUT2D eigenvalue weighted by molar-refractivity contribution is -0.123. The Kier molecular flexibility index (Phi) is 6.27. The monoisotopic (exact) mass is 497 g/mol. The third-order valence-corrected chi connectivity index (χ3v) is 7.20. The number of ether oxygens (including phenoxy) is 1. The molecular weight excluding hydrogens is 478 g/mol. The Labute approximate surface area is 187 Å². The van der Waals surface area contributed by atoms with E-state index in [2.05, 4.69) is 37.9 Å². The fourth-order valence-corrected chi connectivity index (χ4v) is 5.57. The molecule has 4 rings (SSSR count). The lowest BCUT2D eigenvalue weighted by Gasteiger charge is -2.36. The first-order chi connectivity index (χ1) is 14.0. The second-order valence-electron chi connectivity index (χ2n) is 7.12. The third-order valence-electron chi connectivity index (χ3n) is 5.36. The number of hydrogen-bond acceptors (Lipinski definition) is 6. The number of benzene rings is 1. The molecule has 0 N–H and O–H groups in total. The smallest absolute Gasteiger partial charge is 0.251 e. The first kappa shape index (κ1) is 20.8. The Balaban J connectivity index is 1.43. The standard InChI is InChI=1S/C20H21BrClN3O3S/c1-28-17-4-2-13(22)10-15(17)25-19(26)11-16(20(25)27)24-8-6-23(7-9-24)12-14-3-5-18(21)29-14/h2-5,10,16H,6-9,11-12H2,1H3/t16-/m0/s1. The molecule has 29 heavy (non-hydrogen) atoms. The molecule has 1 atom stereocenters. The minimum atomic E-state index is -0.427. The number of halogens is 2. The van der Waals surface area contributed by atoms with Crippen molar-refractivity contribution in [2.45, 2.75) is 19.0 Å². The molecule has 0 unspecified atom stereocenters. The summed E-state index contributed by atoms with van der Waals surface area (Å²) in [6.45, 7) is 4.17. The fourth-order valence-electron chi connectivity index (χ4n) is 3.88. The normalized spacial score (nSPS) is 21.2. The van der Waals surface area contributed by atoms with Crippen molar-refractivity contribution in [3.63, 3.8) is 0 Å². The van der Waals surface area contributed by atoms with Crippen molar-refractivity contribution >= 4 is 56.4 Å². The van der Waals surface area contributed by atoms with Crippen LogP contribution in [-0.4, -0.2) is 60.9 Å². The summed E-state index contributed by atoms with van der Waals surface area (Å²) in [5.74, 6) is 0.0429. The third kappa shape index (κ3) is 4.36. The molecule has 1 aromatic heterocycles. The van der Waals surface area contributed by atoms with Crippen LogP contribution in [0.1, 0.15) is 11.3 Å². The van der Waals surface area contributed by atoms with Gasteiger partial charge in [-0.05, 0) is 46.3 Å². The second kappa shape index (κ2) is 8.73. The van der Waals surface area contributed by atoms with Gasteiger partial charge in [0.05, 0.1) is 29.0 Å². The minimum absolute atomic E-state index is 0.187. The van der Waals surface area contributed by atoms with Crippen LogP contribution >= 0.6 is 38.9 Å². The molecule has 2 saturated heterocycles. The Morgan fingerprint density at radius 3 is 2.59 bits per heavy atom. The lowest BCUT2D eigenvalue weighted by atomic mass is 10.1. The predicted octanol–water partition coefficient (Wildman–Crippen LogP) is 3.62. The first-order valence-electron chi connectivity index (χ1n) is 9.37. The lowest BCUT2D eigenvalue weighted by Crippen LogP contribution is -2.52. The Hall–Kier alpha value is -1.45. The molecule has 0 bridgehead atoms. The van der Waals surface area contributed by atoms with Gasteiger partial charge in [0.2, 0.25) is 5.91 Å². The van der Waals surface area contributed by atoms with Crippen LogP contribution in [0, 0.1) is 0 Å². The molecule has 2 aliphatic heterocycles. The van der Waals surface area contributed by atoms with Crippen molar-refractivity contribution in [1.82, 2.24) is 9.80 Å². The van der Waals surface area contributed by atoms with E-state index in [1.807, 2.05) is 0 Å². The van der Waals surface area contributed by atoms with Gasteiger partial charge in [0, 0.05) is 42.6 Å². The molecule has 154 valence electrons. The van der Waals surface area contributed by atoms with E-state index in [9.17, 15) is 9.59 Å². The molecule has 0 saturated carbocycles. The largest absolute Gasteiger partial charge is 0.495 e. The first-order valence-corrected chi connectivity index (χ1v) is 11.4. The highest BCUT2D eigenvalue weighted by molar-refractivity contribution is 9.11. The van der Waals surface area contributed by atoms with E-state index in [0.29, 0.717) is 16.5 Å². The molecule has 3 heterocycles. The highest BCUT2D eigenvalue weighted by Gasteiger charge is 2.44. The Bertz CT molecular complexity index is 929. The topological polar surface area (TPSA) is 53.1 Å². The van der Waals surface area contributed by atoms with Crippen molar-refractivity contribution < 1.29 is 14.3 Å². The van der Waals surface area contributed by atoms with Crippen LogP contribution in [0.25, 0.3) is 0 Å². The van der Waals surface area contributed by atoms with Gasteiger partial charge in [-0.2, -0.15) is 0 Å². The number of methoxy groups -OCH3 is 1. The fraction of sp³-hybridized carbons (Fsp3) is 0.400. The van der Waals surface area contributed by atoms with Gasteiger partial charge >= 0.3 is 0 Å². The van der Waals surface area contributed by atoms with E-state index >= 15 is 0 Å². The maximum atomic E-state index is 13.1. The number of piperazine rings is 1. The van der Waals surface area contributed by atoms with Crippen LogP contribution in [0.15, 0.2) is 34.1 Å². The van der Waals surface area contributed by atoms with E-state index in [1.54, 1.807) is 29.5 Å². The Morgan fingerprint density at radius 1 is 1.17 bits per heavy atom. The summed E-state index contributed by atoms with van der Waals surface area (Å²) in [6, 6.07) is 8.74. The zero-order valence-corrected chi connectivity index (χ0v) is 19.1. The van der Waals surface area contributed by atoms with Crippen molar-refractivity contribution in [1.29, 1.82) is 0 Å². The average molecular weight is 499 g/mol. The molecule has 0 radical (unpaired) electrons. The molecule has 0 spiro atoms. The maximum absolute atomic E-state index is 13.1. The van der Waals surface area contributed by atoms with E-state index < -0.39 is 6.04 Å². The zero-order chi connectivity index (χ0) is 20.5. The van der Waals surface area contributed by atoms with Gasteiger partial charge in [-0.1, -0.05) is 11.6 Å². The average Bonchev–Trinajstić information content (AvgIpc) is 3.24. The zero-order valence-electron chi connectivity index (χ0n) is 15.9. The quantitative estimate of drug-likeness (QED) is 0.590. The van der Waals surface area contributed by atoms with Gasteiger partial charge in [0.15, 0.2) is 0 Å². The highest BCUT2D eigenvalue weighted by atomic mass is 79.9. The van der Waals surface area contributed by atoms with E-state index in [0.717, 1.165) is 36.5 Å². The number of amides is 2.